The minimum absolute atomic E-state index is 0.0872. The van der Waals surface area contributed by atoms with Gasteiger partial charge < -0.3 is 24.3 Å². The zero-order valence-corrected chi connectivity index (χ0v) is 14.3. The van der Waals surface area contributed by atoms with Gasteiger partial charge in [0.25, 0.3) is 0 Å². The first-order chi connectivity index (χ1) is 12.2. The lowest BCUT2D eigenvalue weighted by Gasteiger charge is -2.10. The molecule has 1 heterocycles. The lowest BCUT2D eigenvalue weighted by Crippen LogP contribution is -2.24. The fourth-order valence-electron chi connectivity index (χ4n) is 2.67. The fraction of sp³-hybridized carbons (Fsp3) is 0.316. The van der Waals surface area contributed by atoms with Crippen molar-refractivity contribution < 1.29 is 23.7 Å². The van der Waals surface area contributed by atoms with E-state index in [0.29, 0.717) is 24.5 Å². The number of ketones is 1. The van der Waals surface area contributed by atoms with Crippen molar-refractivity contribution in [3.05, 3.63) is 47.5 Å². The van der Waals surface area contributed by atoms with Gasteiger partial charge in [-0.05, 0) is 23.8 Å². The SMILES string of the molecule is COc1ccc(CC(=O)CNCc2ccc3c(c2)OCO3)c(OC)c1. The number of carbonyl (C=O) groups is 1. The number of rotatable bonds is 8. The van der Waals surface area contributed by atoms with Gasteiger partial charge in [-0.25, -0.2) is 0 Å². The first-order valence-electron chi connectivity index (χ1n) is 8.01. The number of methoxy groups -OCH3 is 2. The van der Waals surface area contributed by atoms with Crippen molar-refractivity contribution in [1.29, 1.82) is 0 Å². The molecule has 2 aromatic rings. The average Bonchev–Trinajstić information content (AvgIpc) is 3.10. The van der Waals surface area contributed by atoms with Gasteiger partial charge in [0.1, 0.15) is 11.5 Å². The monoisotopic (exact) mass is 343 g/mol. The van der Waals surface area contributed by atoms with Gasteiger partial charge in [-0.15, -0.1) is 0 Å². The molecule has 1 N–H and O–H groups in total. The topological polar surface area (TPSA) is 66.0 Å². The predicted octanol–water partition coefficient (Wildman–Crippen LogP) is 2.33. The number of benzene rings is 2. The normalized spacial score (nSPS) is 12.1. The molecule has 0 aromatic heterocycles. The molecule has 0 atom stereocenters. The number of ether oxygens (including phenoxy) is 4. The van der Waals surface area contributed by atoms with E-state index in [1.165, 1.54) is 0 Å². The van der Waals surface area contributed by atoms with Gasteiger partial charge >= 0.3 is 0 Å². The highest BCUT2D eigenvalue weighted by Crippen LogP contribution is 2.32. The largest absolute Gasteiger partial charge is 0.497 e. The average molecular weight is 343 g/mol. The van der Waals surface area contributed by atoms with E-state index in [9.17, 15) is 4.79 Å². The maximum absolute atomic E-state index is 12.2. The number of carbonyl (C=O) groups excluding carboxylic acids is 1. The Morgan fingerprint density at radius 3 is 2.72 bits per heavy atom. The van der Waals surface area contributed by atoms with Crippen LogP contribution in [0.5, 0.6) is 23.0 Å². The van der Waals surface area contributed by atoms with Crippen LogP contribution in [-0.2, 0) is 17.8 Å². The minimum atomic E-state index is 0.0872. The highest BCUT2D eigenvalue weighted by Gasteiger charge is 2.13. The summed E-state index contributed by atoms with van der Waals surface area (Å²) in [5, 5.41) is 3.16. The lowest BCUT2D eigenvalue weighted by atomic mass is 10.1. The van der Waals surface area contributed by atoms with Crippen molar-refractivity contribution in [1.82, 2.24) is 5.32 Å². The molecule has 6 nitrogen and oxygen atoms in total. The molecule has 2 aromatic carbocycles. The molecule has 0 fully saturated rings. The smallest absolute Gasteiger partial charge is 0.231 e. The maximum atomic E-state index is 12.2. The minimum Gasteiger partial charge on any atom is -0.497 e. The van der Waals surface area contributed by atoms with Crippen LogP contribution in [0.3, 0.4) is 0 Å². The summed E-state index contributed by atoms with van der Waals surface area (Å²) < 4.78 is 21.1. The molecule has 132 valence electrons. The zero-order valence-electron chi connectivity index (χ0n) is 14.3. The second kappa shape index (κ2) is 7.90. The molecule has 0 saturated carbocycles. The van der Waals surface area contributed by atoms with Gasteiger partial charge in [0, 0.05) is 24.6 Å². The van der Waals surface area contributed by atoms with Crippen LogP contribution in [0.15, 0.2) is 36.4 Å². The Kier molecular flexibility index (Phi) is 5.40. The number of Topliss-reactive ketones (excluding diaryl/α,β-unsaturated/α-hetero) is 1. The molecule has 0 unspecified atom stereocenters. The van der Waals surface area contributed by atoms with Gasteiger partial charge in [0.15, 0.2) is 17.3 Å². The summed E-state index contributed by atoms with van der Waals surface area (Å²) in [6.45, 7) is 1.13. The third kappa shape index (κ3) is 4.22. The van der Waals surface area contributed by atoms with E-state index in [-0.39, 0.29) is 19.1 Å². The first-order valence-corrected chi connectivity index (χ1v) is 8.01. The predicted molar refractivity (Wildman–Crippen MR) is 92.5 cm³/mol. The second-order valence-electron chi connectivity index (χ2n) is 5.68. The molecular weight excluding hydrogens is 322 g/mol. The second-order valence-corrected chi connectivity index (χ2v) is 5.68. The molecule has 0 saturated heterocycles. The number of hydrogen-bond acceptors (Lipinski definition) is 6. The van der Waals surface area contributed by atoms with E-state index in [0.717, 1.165) is 22.6 Å². The van der Waals surface area contributed by atoms with E-state index in [2.05, 4.69) is 5.32 Å². The van der Waals surface area contributed by atoms with Crippen molar-refractivity contribution in [2.24, 2.45) is 0 Å². The van der Waals surface area contributed by atoms with Crippen LogP contribution in [0.2, 0.25) is 0 Å². The highest BCUT2D eigenvalue weighted by molar-refractivity contribution is 5.83. The van der Waals surface area contributed by atoms with Crippen molar-refractivity contribution in [3.63, 3.8) is 0 Å². The third-order valence-electron chi connectivity index (χ3n) is 3.97. The van der Waals surface area contributed by atoms with E-state index in [1.54, 1.807) is 20.3 Å². The van der Waals surface area contributed by atoms with E-state index in [1.807, 2.05) is 30.3 Å². The molecule has 6 heteroatoms. The van der Waals surface area contributed by atoms with Crippen molar-refractivity contribution >= 4 is 5.78 Å². The molecular formula is C19H21NO5. The number of nitrogens with one attached hydrogen (secondary N) is 1. The number of hydrogen-bond donors (Lipinski definition) is 1. The lowest BCUT2D eigenvalue weighted by molar-refractivity contribution is -0.117. The Morgan fingerprint density at radius 1 is 1.08 bits per heavy atom. The third-order valence-corrected chi connectivity index (χ3v) is 3.97. The number of fused-ring (bicyclic) bond motifs is 1. The van der Waals surface area contributed by atoms with Crippen LogP contribution in [-0.4, -0.2) is 33.3 Å². The quantitative estimate of drug-likeness (QED) is 0.794. The molecule has 1 aliphatic rings. The summed E-state index contributed by atoms with van der Waals surface area (Å²) in [5.74, 6) is 2.95. The van der Waals surface area contributed by atoms with Gasteiger partial charge in [-0.1, -0.05) is 12.1 Å². The standard InChI is InChI=1S/C19H21NO5/c1-22-16-5-4-14(18(9-16)23-2)8-15(21)11-20-10-13-3-6-17-19(7-13)25-12-24-17/h3-7,9,20H,8,10-12H2,1-2H3. The summed E-state index contributed by atoms with van der Waals surface area (Å²) >= 11 is 0. The van der Waals surface area contributed by atoms with Crippen LogP contribution in [0.25, 0.3) is 0 Å². The Morgan fingerprint density at radius 2 is 1.92 bits per heavy atom. The van der Waals surface area contributed by atoms with Crippen molar-refractivity contribution in [3.8, 4) is 23.0 Å². The molecule has 25 heavy (non-hydrogen) atoms. The van der Waals surface area contributed by atoms with Crippen LogP contribution in [0, 0.1) is 0 Å². The van der Waals surface area contributed by atoms with E-state index >= 15 is 0 Å². The van der Waals surface area contributed by atoms with Gasteiger partial charge in [0.05, 0.1) is 20.8 Å². The van der Waals surface area contributed by atoms with E-state index in [4.69, 9.17) is 18.9 Å². The molecule has 1 aliphatic heterocycles. The zero-order chi connectivity index (χ0) is 17.6. The van der Waals surface area contributed by atoms with E-state index < -0.39 is 0 Å². The molecule has 0 amide bonds. The molecule has 0 spiro atoms. The fourth-order valence-corrected chi connectivity index (χ4v) is 2.67. The Hall–Kier alpha value is -2.73. The highest BCUT2D eigenvalue weighted by atomic mass is 16.7. The summed E-state index contributed by atoms with van der Waals surface area (Å²) in [7, 11) is 3.18. The molecule has 0 bridgehead atoms. The molecule has 3 rings (SSSR count). The molecule has 0 radical (unpaired) electrons. The molecule has 0 aliphatic carbocycles. The summed E-state index contributed by atoms with van der Waals surface area (Å²) in [6, 6.07) is 11.2. The summed E-state index contributed by atoms with van der Waals surface area (Å²) in [4.78, 5) is 12.2. The van der Waals surface area contributed by atoms with Gasteiger partial charge in [-0.2, -0.15) is 0 Å². The van der Waals surface area contributed by atoms with Crippen LogP contribution < -0.4 is 24.3 Å². The van der Waals surface area contributed by atoms with Crippen LogP contribution in [0.1, 0.15) is 11.1 Å². The Balaban J connectivity index is 1.51. The van der Waals surface area contributed by atoms with Gasteiger partial charge in [-0.3, -0.25) is 4.79 Å². The van der Waals surface area contributed by atoms with Crippen molar-refractivity contribution in [2.75, 3.05) is 27.6 Å². The Bertz CT molecular complexity index is 759. The maximum Gasteiger partial charge on any atom is 0.231 e. The van der Waals surface area contributed by atoms with Crippen molar-refractivity contribution in [2.45, 2.75) is 13.0 Å². The van der Waals surface area contributed by atoms with Crippen LogP contribution >= 0.6 is 0 Å². The summed E-state index contributed by atoms with van der Waals surface area (Å²) in [6.07, 6.45) is 0.307. The Labute approximate surface area is 146 Å². The summed E-state index contributed by atoms with van der Waals surface area (Å²) in [5.41, 5.74) is 1.89. The first kappa shape index (κ1) is 17.1. The van der Waals surface area contributed by atoms with Crippen LogP contribution in [0.4, 0.5) is 0 Å². The van der Waals surface area contributed by atoms with Gasteiger partial charge in [0.2, 0.25) is 6.79 Å².